The molecule has 0 aliphatic rings. The minimum Gasteiger partial charge on any atom is -0.294 e. The molecule has 0 aliphatic carbocycles. The first-order valence-electron chi connectivity index (χ1n) is 5.45. The number of aryl methyl sites for hydroxylation is 1. The molecule has 0 N–H and O–H groups in total. The minimum atomic E-state index is -0.705. The molecule has 18 heavy (non-hydrogen) atoms. The quantitative estimate of drug-likeness (QED) is 0.780. The number of nitrogens with zero attached hydrogens (tertiary/aromatic N) is 1. The Morgan fingerprint density at radius 1 is 1.22 bits per heavy atom. The average molecular weight is 247 g/mol. The van der Waals surface area contributed by atoms with Crippen LogP contribution in [0.15, 0.2) is 36.7 Å². The highest BCUT2D eigenvalue weighted by molar-refractivity contribution is 5.97. The molecule has 1 heterocycles. The molecule has 0 fully saturated rings. The maximum atomic E-state index is 13.4. The summed E-state index contributed by atoms with van der Waals surface area (Å²) in [5.41, 5.74) is 0.983. The lowest BCUT2D eigenvalue weighted by molar-refractivity contribution is 0.0990. The standard InChI is InChI=1S/C14H11F2NO/c1-9-5-10(8-17-7-9)14(18)6-11-12(15)3-2-4-13(11)16/h2-5,7-8H,6H2,1H3. The summed E-state index contributed by atoms with van der Waals surface area (Å²) in [6.45, 7) is 1.80. The first-order chi connectivity index (χ1) is 8.58. The van der Waals surface area contributed by atoms with Gasteiger partial charge in [0.05, 0.1) is 0 Å². The molecule has 2 rings (SSSR count). The lowest BCUT2D eigenvalue weighted by Gasteiger charge is -2.04. The highest BCUT2D eigenvalue weighted by Gasteiger charge is 2.14. The second kappa shape index (κ2) is 5.04. The number of halogens is 2. The smallest absolute Gasteiger partial charge is 0.169 e. The molecular weight excluding hydrogens is 236 g/mol. The van der Waals surface area contributed by atoms with Crippen molar-refractivity contribution >= 4 is 5.78 Å². The van der Waals surface area contributed by atoms with Crippen LogP contribution in [0.25, 0.3) is 0 Å². The van der Waals surface area contributed by atoms with Gasteiger partial charge in [-0.3, -0.25) is 9.78 Å². The zero-order chi connectivity index (χ0) is 13.1. The van der Waals surface area contributed by atoms with Gasteiger partial charge in [0.1, 0.15) is 11.6 Å². The molecule has 92 valence electrons. The molecular formula is C14H11F2NO. The Labute approximate surface area is 103 Å². The monoisotopic (exact) mass is 247 g/mol. The fourth-order valence-corrected chi connectivity index (χ4v) is 1.67. The lowest BCUT2D eigenvalue weighted by Crippen LogP contribution is -2.08. The van der Waals surface area contributed by atoms with Crippen molar-refractivity contribution in [2.75, 3.05) is 0 Å². The molecule has 0 spiro atoms. The molecule has 0 saturated carbocycles. The fourth-order valence-electron chi connectivity index (χ4n) is 1.67. The second-order valence-electron chi connectivity index (χ2n) is 4.05. The van der Waals surface area contributed by atoms with Crippen molar-refractivity contribution in [2.45, 2.75) is 13.3 Å². The van der Waals surface area contributed by atoms with Crippen molar-refractivity contribution in [3.63, 3.8) is 0 Å². The largest absolute Gasteiger partial charge is 0.294 e. The van der Waals surface area contributed by atoms with Crippen LogP contribution in [-0.4, -0.2) is 10.8 Å². The zero-order valence-electron chi connectivity index (χ0n) is 9.78. The van der Waals surface area contributed by atoms with Crippen LogP contribution < -0.4 is 0 Å². The van der Waals surface area contributed by atoms with Crippen LogP contribution in [0.2, 0.25) is 0 Å². The van der Waals surface area contributed by atoms with Crippen LogP contribution in [0.4, 0.5) is 8.78 Å². The first kappa shape index (κ1) is 12.4. The molecule has 0 radical (unpaired) electrons. The van der Waals surface area contributed by atoms with Gasteiger partial charge in [-0.05, 0) is 30.7 Å². The minimum absolute atomic E-state index is 0.205. The number of Topliss-reactive ketones (excluding diaryl/α,β-unsaturated/α-hetero) is 1. The van der Waals surface area contributed by atoms with E-state index < -0.39 is 11.6 Å². The van der Waals surface area contributed by atoms with Crippen LogP contribution in [0.1, 0.15) is 21.5 Å². The van der Waals surface area contributed by atoms with Gasteiger partial charge in [-0.25, -0.2) is 8.78 Å². The third kappa shape index (κ3) is 2.59. The van der Waals surface area contributed by atoms with Crippen molar-refractivity contribution in [1.82, 2.24) is 4.98 Å². The predicted octanol–water partition coefficient (Wildman–Crippen LogP) is 3.09. The van der Waals surface area contributed by atoms with Crippen LogP contribution in [0.5, 0.6) is 0 Å². The van der Waals surface area contributed by atoms with Gasteiger partial charge in [0.2, 0.25) is 0 Å². The molecule has 0 unspecified atom stereocenters. The molecule has 0 atom stereocenters. The highest BCUT2D eigenvalue weighted by atomic mass is 19.1. The number of hydrogen-bond acceptors (Lipinski definition) is 2. The molecule has 2 aromatic rings. The summed E-state index contributed by atoms with van der Waals surface area (Å²) in [5, 5.41) is 0. The van der Waals surface area contributed by atoms with Gasteiger partial charge in [0.15, 0.2) is 5.78 Å². The van der Waals surface area contributed by atoms with Gasteiger partial charge in [-0.15, -0.1) is 0 Å². The zero-order valence-corrected chi connectivity index (χ0v) is 9.78. The molecule has 0 saturated heterocycles. The van der Waals surface area contributed by atoms with Gasteiger partial charge in [0.25, 0.3) is 0 Å². The summed E-state index contributed by atoms with van der Waals surface area (Å²) < 4.78 is 26.8. The van der Waals surface area contributed by atoms with Crippen LogP contribution in [0.3, 0.4) is 0 Å². The third-order valence-electron chi connectivity index (χ3n) is 2.60. The van der Waals surface area contributed by atoms with Gasteiger partial charge >= 0.3 is 0 Å². The molecule has 4 heteroatoms. The van der Waals surface area contributed by atoms with Crippen molar-refractivity contribution in [1.29, 1.82) is 0 Å². The van der Waals surface area contributed by atoms with Gasteiger partial charge < -0.3 is 0 Å². The SMILES string of the molecule is Cc1cncc(C(=O)Cc2c(F)cccc2F)c1. The lowest BCUT2D eigenvalue weighted by atomic mass is 10.0. The number of carbonyl (C=O) groups is 1. The Morgan fingerprint density at radius 2 is 1.89 bits per heavy atom. The molecule has 0 aliphatic heterocycles. The molecule has 0 amide bonds. The van der Waals surface area contributed by atoms with Crippen molar-refractivity contribution in [2.24, 2.45) is 0 Å². The summed E-state index contributed by atoms with van der Waals surface area (Å²) in [6, 6.07) is 5.20. The number of ketones is 1. The average Bonchev–Trinajstić information content (AvgIpc) is 2.34. The summed E-state index contributed by atoms with van der Waals surface area (Å²) in [7, 11) is 0. The number of benzene rings is 1. The van der Waals surface area contributed by atoms with Gasteiger partial charge in [-0.2, -0.15) is 0 Å². The number of carbonyl (C=O) groups excluding carboxylic acids is 1. The van der Waals surface area contributed by atoms with E-state index in [1.54, 1.807) is 19.2 Å². The van der Waals surface area contributed by atoms with E-state index in [1.165, 1.54) is 12.3 Å². The highest BCUT2D eigenvalue weighted by Crippen LogP contribution is 2.15. The Hall–Kier alpha value is -2.10. The topological polar surface area (TPSA) is 30.0 Å². The molecule has 1 aromatic carbocycles. The Balaban J connectivity index is 2.27. The summed E-state index contributed by atoms with van der Waals surface area (Å²) in [4.78, 5) is 15.8. The number of pyridine rings is 1. The molecule has 1 aromatic heterocycles. The Morgan fingerprint density at radius 3 is 2.50 bits per heavy atom. The fraction of sp³-hybridized carbons (Fsp3) is 0.143. The number of hydrogen-bond donors (Lipinski definition) is 0. The van der Waals surface area contributed by atoms with Gasteiger partial charge in [-0.1, -0.05) is 6.07 Å². The Kier molecular flexibility index (Phi) is 3.46. The van der Waals surface area contributed by atoms with Crippen molar-refractivity contribution < 1.29 is 13.6 Å². The van der Waals surface area contributed by atoms with E-state index >= 15 is 0 Å². The van der Waals surface area contributed by atoms with Crippen LogP contribution in [0, 0.1) is 18.6 Å². The molecule has 2 nitrogen and oxygen atoms in total. The van der Waals surface area contributed by atoms with Crippen LogP contribution >= 0.6 is 0 Å². The number of aromatic nitrogens is 1. The van der Waals surface area contributed by atoms with E-state index in [9.17, 15) is 13.6 Å². The van der Waals surface area contributed by atoms with E-state index in [0.717, 1.165) is 17.7 Å². The van der Waals surface area contributed by atoms with Crippen molar-refractivity contribution in [3.8, 4) is 0 Å². The normalized spacial score (nSPS) is 10.4. The summed E-state index contributed by atoms with van der Waals surface area (Å²) >= 11 is 0. The molecule has 0 bridgehead atoms. The Bertz CT molecular complexity index is 576. The van der Waals surface area contributed by atoms with E-state index in [0.29, 0.717) is 5.56 Å². The first-order valence-corrected chi connectivity index (χ1v) is 5.45. The number of rotatable bonds is 3. The second-order valence-corrected chi connectivity index (χ2v) is 4.05. The van der Waals surface area contributed by atoms with E-state index in [-0.39, 0.29) is 17.8 Å². The summed E-state index contributed by atoms with van der Waals surface area (Å²) in [5.74, 6) is -1.76. The maximum Gasteiger partial charge on any atom is 0.169 e. The summed E-state index contributed by atoms with van der Waals surface area (Å²) in [6.07, 6.45) is 2.71. The van der Waals surface area contributed by atoms with E-state index in [1.807, 2.05) is 0 Å². The van der Waals surface area contributed by atoms with E-state index in [4.69, 9.17) is 0 Å². The predicted molar refractivity (Wildman–Crippen MR) is 63.4 cm³/mol. The van der Waals surface area contributed by atoms with E-state index in [2.05, 4.69) is 4.98 Å². The van der Waals surface area contributed by atoms with Gasteiger partial charge in [0, 0.05) is 29.9 Å². The van der Waals surface area contributed by atoms with Crippen molar-refractivity contribution in [3.05, 3.63) is 65.0 Å². The maximum absolute atomic E-state index is 13.4. The third-order valence-corrected chi connectivity index (χ3v) is 2.60. The van der Waals surface area contributed by atoms with Crippen LogP contribution in [-0.2, 0) is 6.42 Å².